The van der Waals surface area contributed by atoms with Gasteiger partial charge in [-0.2, -0.15) is 0 Å². The molecule has 0 N–H and O–H groups in total. The minimum absolute atomic E-state index is 0. The largest absolute Gasteiger partial charge is 1.00 e. The summed E-state index contributed by atoms with van der Waals surface area (Å²) in [6.45, 7) is 5.65. The SMILES string of the molecule is [C-]#[N+][S-].[K+]. The number of hydrogen-bond acceptors (Lipinski definition) is 1. The van der Waals surface area contributed by atoms with Gasteiger partial charge in [0, 0.05) is 0 Å². The molecule has 0 aliphatic carbocycles. The Balaban J connectivity index is 0. The van der Waals surface area contributed by atoms with Crippen LogP contribution in [0.3, 0.4) is 0 Å². The normalized spacial score (nSPS) is 1.75. The van der Waals surface area contributed by atoms with E-state index in [0.717, 1.165) is 0 Å². The maximum Gasteiger partial charge on any atom is 1.00 e. The van der Waals surface area contributed by atoms with Gasteiger partial charge in [0.25, 0.3) is 0 Å². The number of rotatable bonds is 0. The van der Waals surface area contributed by atoms with E-state index in [1.807, 2.05) is 0 Å². The predicted octanol–water partition coefficient (Wildman–Crippen LogP) is -2.63. The molecule has 0 bridgehead atoms. The van der Waals surface area contributed by atoms with Crippen molar-refractivity contribution in [3.05, 3.63) is 10.8 Å². The maximum atomic E-state index is 5.65. The molecule has 1 nitrogen and oxygen atoms in total. The van der Waals surface area contributed by atoms with Crippen molar-refractivity contribution >= 4 is 12.8 Å². The summed E-state index contributed by atoms with van der Waals surface area (Å²) in [5.41, 5.74) is 0. The molecule has 0 saturated carbocycles. The van der Waals surface area contributed by atoms with E-state index in [-0.39, 0.29) is 51.4 Å². The second-order valence-electron chi connectivity index (χ2n) is 0.0913. The zero-order chi connectivity index (χ0) is 2.71. The molecular formula is CKNS. The van der Waals surface area contributed by atoms with E-state index < -0.39 is 0 Å². The van der Waals surface area contributed by atoms with Crippen LogP contribution in [0, 0.1) is 6.57 Å². The van der Waals surface area contributed by atoms with Gasteiger partial charge in [-0.15, -0.1) is 0 Å². The summed E-state index contributed by atoms with van der Waals surface area (Å²) in [6, 6.07) is 0. The molecule has 0 aromatic carbocycles. The molecule has 0 aromatic rings. The van der Waals surface area contributed by atoms with Crippen molar-refractivity contribution in [3.63, 3.8) is 0 Å². The summed E-state index contributed by atoms with van der Waals surface area (Å²) in [5, 5.41) is 0. The first-order valence-electron chi connectivity index (χ1n) is 0.406. The fourth-order valence-electron chi connectivity index (χ4n) is 0. The molecule has 4 heavy (non-hydrogen) atoms. The van der Waals surface area contributed by atoms with E-state index in [1.165, 1.54) is 0 Å². The minimum atomic E-state index is 0. The Labute approximate surface area is 73.6 Å². The van der Waals surface area contributed by atoms with Gasteiger partial charge >= 0.3 is 51.4 Å². The third kappa shape index (κ3) is 10.2. The molecule has 0 fully saturated rings. The third-order valence-electron chi connectivity index (χ3n) is 0. The van der Waals surface area contributed by atoms with Gasteiger partial charge in [-0.05, 0) is 0 Å². The van der Waals surface area contributed by atoms with E-state index in [0.29, 0.717) is 0 Å². The number of nitrogens with zero attached hydrogens (tertiary/aromatic N) is 1. The summed E-state index contributed by atoms with van der Waals surface area (Å²) < 4.78 is 2.33. The van der Waals surface area contributed by atoms with Crippen molar-refractivity contribution in [2.45, 2.75) is 0 Å². The minimum Gasteiger partial charge on any atom is -0.422 e. The summed E-state index contributed by atoms with van der Waals surface area (Å²) >= 11 is 3.69. The van der Waals surface area contributed by atoms with Gasteiger partial charge in [0.05, 0.1) is 0 Å². The molecule has 0 saturated heterocycles. The first-order chi connectivity index (χ1) is 1.41. The Hall–Kier alpha value is 1.35. The van der Waals surface area contributed by atoms with Crippen molar-refractivity contribution < 1.29 is 51.4 Å². The van der Waals surface area contributed by atoms with Crippen molar-refractivity contribution in [3.8, 4) is 0 Å². The Morgan fingerprint density at radius 2 is 1.75 bits per heavy atom. The summed E-state index contributed by atoms with van der Waals surface area (Å²) in [4.78, 5) is 0. The smallest absolute Gasteiger partial charge is 0.422 e. The van der Waals surface area contributed by atoms with Crippen LogP contribution in [0.1, 0.15) is 0 Å². The van der Waals surface area contributed by atoms with Gasteiger partial charge in [-0.1, -0.05) is 0 Å². The van der Waals surface area contributed by atoms with Crippen LogP contribution in [0.15, 0.2) is 0 Å². The summed E-state index contributed by atoms with van der Waals surface area (Å²) in [6.07, 6.45) is 0. The molecule has 16 valence electrons. The first-order valence-corrected chi connectivity index (χ1v) is 0.771. The Morgan fingerprint density at radius 3 is 1.75 bits per heavy atom. The Kier molecular flexibility index (Phi) is 19.9. The molecule has 0 atom stereocenters. The maximum absolute atomic E-state index is 5.65. The van der Waals surface area contributed by atoms with Crippen LogP contribution in [0.2, 0.25) is 0 Å². The van der Waals surface area contributed by atoms with Crippen LogP contribution < -0.4 is 51.4 Å². The van der Waals surface area contributed by atoms with Gasteiger partial charge in [0.1, 0.15) is 0 Å². The average Bonchev–Trinajstić information content (AvgIpc) is 0.918. The van der Waals surface area contributed by atoms with Crippen molar-refractivity contribution in [1.29, 1.82) is 0 Å². The second-order valence-corrected chi connectivity index (χ2v) is 0.274. The Morgan fingerprint density at radius 1 is 1.75 bits per heavy atom. The number of hydrogen-bond donors (Lipinski definition) is 0. The van der Waals surface area contributed by atoms with Gasteiger partial charge in [-0.25, -0.2) is 0 Å². The summed E-state index contributed by atoms with van der Waals surface area (Å²) in [5.74, 6) is 0. The molecule has 0 amide bonds. The Bertz CT molecular complexity index is 29.5. The summed E-state index contributed by atoms with van der Waals surface area (Å²) in [7, 11) is 0. The molecule has 0 spiro atoms. The van der Waals surface area contributed by atoms with Gasteiger partial charge in [0.15, 0.2) is 0 Å². The fourth-order valence-corrected chi connectivity index (χ4v) is 0. The quantitative estimate of drug-likeness (QED) is 0.182. The molecule has 0 unspecified atom stereocenters. The van der Waals surface area contributed by atoms with Crippen molar-refractivity contribution in [2.24, 2.45) is 0 Å². The zero-order valence-electron chi connectivity index (χ0n) is 2.36. The van der Waals surface area contributed by atoms with E-state index in [4.69, 9.17) is 6.57 Å². The van der Waals surface area contributed by atoms with Crippen LogP contribution in [-0.2, 0) is 12.8 Å². The van der Waals surface area contributed by atoms with Crippen LogP contribution in [0.5, 0.6) is 0 Å². The topological polar surface area (TPSA) is 4.36 Å². The van der Waals surface area contributed by atoms with E-state index in [1.54, 1.807) is 0 Å². The van der Waals surface area contributed by atoms with Gasteiger partial charge in [0.2, 0.25) is 0 Å². The fraction of sp³-hybridized carbons (Fsp3) is 0. The average molecular weight is 97.2 g/mol. The van der Waals surface area contributed by atoms with E-state index in [2.05, 4.69) is 17.1 Å². The standard InChI is InChI=1S/CNS.K/c1-2-3;/q-1;+1. The van der Waals surface area contributed by atoms with Crippen LogP contribution in [0.4, 0.5) is 0 Å². The first kappa shape index (κ1) is 9.02. The molecule has 0 aliphatic rings. The molecule has 0 rings (SSSR count). The predicted molar refractivity (Wildman–Crippen MR) is 14.0 cm³/mol. The van der Waals surface area contributed by atoms with Crippen LogP contribution in [-0.4, -0.2) is 0 Å². The molecular weight excluding hydrogens is 97.2 g/mol. The molecule has 0 aliphatic heterocycles. The zero-order valence-corrected chi connectivity index (χ0v) is 6.30. The molecule has 0 heterocycles. The van der Waals surface area contributed by atoms with E-state index >= 15 is 0 Å². The molecule has 0 radical (unpaired) electrons. The monoisotopic (exact) mass is 96.9 g/mol. The van der Waals surface area contributed by atoms with E-state index in [9.17, 15) is 0 Å². The van der Waals surface area contributed by atoms with Crippen LogP contribution in [0.25, 0.3) is 4.25 Å². The van der Waals surface area contributed by atoms with Crippen molar-refractivity contribution in [1.82, 2.24) is 0 Å². The molecule has 3 heteroatoms. The van der Waals surface area contributed by atoms with Gasteiger partial charge < -0.3 is 17.1 Å². The van der Waals surface area contributed by atoms with Crippen molar-refractivity contribution in [2.75, 3.05) is 0 Å². The third-order valence-corrected chi connectivity index (χ3v) is 0. The van der Waals surface area contributed by atoms with Crippen LogP contribution >= 0.6 is 0 Å². The molecule has 0 aromatic heterocycles. The second kappa shape index (κ2) is 8.84. The van der Waals surface area contributed by atoms with Gasteiger partial charge in [-0.3, -0.25) is 6.57 Å².